The number of hydrogen-bond acceptors (Lipinski definition) is 9. The van der Waals surface area contributed by atoms with E-state index in [1.807, 2.05) is 0 Å². The van der Waals surface area contributed by atoms with Gasteiger partial charge in [0, 0.05) is 49.7 Å². The average Bonchev–Trinajstić information content (AvgIpc) is 3.94. The van der Waals surface area contributed by atoms with Crippen LogP contribution in [-0.4, -0.2) is 76.3 Å². The molecule has 47 heavy (non-hydrogen) atoms. The first-order chi connectivity index (χ1) is 22.4. The van der Waals surface area contributed by atoms with E-state index in [1.165, 1.54) is 34.0 Å². The number of piperazine rings is 1. The molecule has 3 fully saturated rings. The molecule has 0 unspecified atom stereocenters. The lowest BCUT2D eigenvalue weighted by atomic mass is 10.1. The van der Waals surface area contributed by atoms with Gasteiger partial charge in [0.1, 0.15) is 23.5 Å². The molecular formula is C32H29ClF2N6O5S. The molecule has 1 aromatic carbocycles. The molecule has 15 heteroatoms. The van der Waals surface area contributed by atoms with Crippen LogP contribution in [0.2, 0.25) is 5.02 Å². The number of fused-ring (bicyclic) bond motifs is 1. The summed E-state index contributed by atoms with van der Waals surface area (Å²) in [7, 11) is -4.24. The number of carbonyl (C=O) groups excluding carboxylic acids is 1. The molecule has 4 aromatic rings. The van der Waals surface area contributed by atoms with Gasteiger partial charge in [0.05, 0.1) is 39.0 Å². The Labute approximate surface area is 273 Å². The molecule has 0 atom stereocenters. The summed E-state index contributed by atoms with van der Waals surface area (Å²) in [5.74, 6) is -3.20. The van der Waals surface area contributed by atoms with E-state index >= 15 is 4.39 Å². The second kappa shape index (κ2) is 11.4. The number of phenolic OH excluding ortho intramolecular Hbond substituents is 1. The summed E-state index contributed by atoms with van der Waals surface area (Å²) in [4.78, 5) is 43.2. The number of sulfone groups is 1. The first kappa shape index (κ1) is 31.2. The van der Waals surface area contributed by atoms with Gasteiger partial charge in [-0.05, 0) is 43.9 Å². The summed E-state index contributed by atoms with van der Waals surface area (Å²) in [6.07, 6.45) is 5.66. The number of carbonyl (C=O) groups is 1. The van der Waals surface area contributed by atoms with Gasteiger partial charge in [-0.2, -0.15) is 0 Å². The predicted octanol–water partition coefficient (Wildman–Crippen LogP) is 4.63. The van der Waals surface area contributed by atoms with Gasteiger partial charge in [-0.15, -0.1) is 0 Å². The van der Waals surface area contributed by atoms with E-state index in [-0.39, 0.29) is 71.0 Å². The molecule has 1 saturated heterocycles. The Morgan fingerprint density at radius 3 is 2.19 bits per heavy atom. The van der Waals surface area contributed by atoms with Crippen LogP contribution < -0.4 is 10.5 Å². The van der Waals surface area contributed by atoms with Crippen molar-refractivity contribution in [1.82, 2.24) is 24.4 Å². The Morgan fingerprint density at radius 1 is 1.04 bits per heavy atom. The quantitative estimate of drug-likeness (QED) is 0.277. The number of rotatable bonds is 7. The highest BCUT2D eigenvalue weighted by Crippen LogP contribution is 2.48. The molecule has 1 N–H and O–H groups in total. The maximum Gasteiger partial charge on any atom is 0.282 e. The third-order valence-corrected chi connectivity index (χ3v) is 10.2. The van der Waals surface area contributed by atoms with Crippen molar-refractivity contribution < 1.29 is 27.1 Å². The number of nitrogens with zero attached hydrogens (tertiary/aromatic N) is 6. The number of benzene rings is 1. The molecular weight excluding hydrogens is 654 g/mol. The van der Waals surface area contributed by atoms with Gasteiger partial charge in [0.25, 0.3) is 11.5 Å². The summed E-state index contributed by atoms with van der Waals surface area (Å²) >= 11 is 6.76. The third kappa shape index (κ3) is 5.42. The smallest absolute Gasteiger partial charge is 0.282 e. The van der Waals surface area contributed by atoms with E-state index in [9.17, 15) is 27.5 Å². The largest absolute Gasteiger partial charge is 0.507 e. The van der Waals surface area contributed by atoms with Gasteiger partial charge in [-0.25, -0.2) is 32.2 Å². The Balaban J connectivity index is 1.58. The van der Waals surface area contributed by atoms with Crippen LogP contribution in [-0.2, 0) is 14.6 Å². The fourth-order valence-corrected chi connectivity index (χ4v) is 7.52. The highest BCUT2D eigenvalue weighted by Gasteiger charge is 2.39. The monoisotopic (exact) mass is 682 g/mol. The summed E-state index contributed by atoms with van der Waals surface area (Å²) in [5, 5.41) is 10.7. The first-order valence-electron chi connectivity index (χ1n) is 15.1. The zero-order valence-electron chi connectivity index (χ0n) is 25.2. The normalized spacial score (nSPS) is 16.9. The van der Waals surface area contributed by atoms with Crippen molar-refractivity contribution in [2.24, 2.45) is 0 Å². The third-order valence-electron chi connectivity index (χ3n) is 8.78. The van der Waals surface area contributed by atoms with Gasteiger partial charge in [-0.1, -0.05) is 24.2 Å². The van der Waals surface area contributed by atoms with Gasteiger partial charge < -0.3 is 14.9 Å². The second-order valence-corrected chi connectivity index (χ2v) is 14.5. The van der Waals surface area contributed by atoms with Crippen molar-refractivity contribution in [2.45, 2.75) is 42.4 Å². The molecule has 244 valence electrons. The minimum atomic E-state index is -4.24. The first-order valence-corrected chi connectivity index (χ1v) is 17.3. The van der Waals surface area contributed by atoms with Crippen molar-refractivity contribution in [3.8, 4) is 22.7 Å². The Bertz CT molecular complexity index is 2130. The summed E-state index contributed by atoms with van der Waals surface area (Å²) in [5.41, 5.74) is 0.143. The van der Waals surface area contributed by atoms with E-state index in [0.717, 1.165) is 38.0 Å². The SMILES string of the molecule is C=C(F)C(=O)N1CCN(c2c(S(C)(=O)=O)c(=O)n(-c3c(C4CC4)ncnc3C3CC3)c3nc(-c4c(O)cccc4F)c(Cl)cc23)CC1. The molecule has 2 saturated carbocycles. The minimum Gasteiger partial charge on any atom is -0.507 e. The Kier molecular flexibility index (Phi) is 7.54. The maximum atomic E-state index is 15.2. The lowest BCUT2D eigenvalue weighted by Crippen LogP contribution is -2.49. The van der Waals surface area contributed by atoms with Gasteiger partial charge in [-0.3, -0.25) is 14.2 Å². The standard InChI is InChI=1S/C32H29ClF2N6O5S/c1-16(34)31(43)40-12-10-39(11-13-40)27-19-14-20(33)26(23-21(35)4-3-5-22(23)42)38-30(19)41(32(44)29(27)47(2,45)46)28-24(17-6-7-17)36-15-37-25(28)18-8-9-18/h3-5,14-15,17-18,42H,1,6-13H2,2H3. The lowest BCUT2D eigenvalue weighted by Gasteiger charge is -2.37. The predicted molar refractivity (Wildman–Crippen MR) is 171 cm³/mol. The zero-order valence-corrected chi connectivity index (χ0v) is 26.8. The number of aromatic hydroxyl groups is 1. The highest BCUT2D eigenvalue weighted by molar-refractivity contribution is 7.90. The van der Waals surface area contributed by atoms with Crippen LogP contribution in [0.3, 0.4) is 0 Å². The van der Waals surface area contributed by atoms with Gasteiger partial charge in [0.15, 0.2) is 20.6 Å². The molecule has 1 amide bonds. The number of anilines is 1. The molecule has 7 rings (SSSR count). The maximum absolute atomic E-state index is 15.2. The van der Waals surface area contributed by atoms with Crippen molar-refractivity contribution in [3.63, 3.8) is 0 Å². The Morgan fingerprint density at radius 2 is 1.66 bits per heavy atom. The topological polar surface area (TPSA) is 139 Å². The van der Waals surface area contributed by atoms with Crippen LogP contribution in [0.5, 0.6) is 5.75 Å². The number of aromatic nitrogens is 4. The van der Waals surface area contributed by atoms with Crippen LogP contribution in [0.1, 0.15) is 48.9 Å². The van der Waals surface area contributed by atoms with E-state index in [4.69, 9.17) is 16.6 Å². The van der Waals surface area contributed by atoms with Crippen molar-refractivity contribution in [3.05, 3.63) is 75.6 Å². The number of halogens is 3. The number of amides is 1. The van der Waals surface area contributed by atoms with Crippen molar-refractivity contribution >= 4 is 44.1 Å². The zero-order chi connectivity index (χ0) is 33.4. The van der Waals surface area contributed by atoms with Gasteiger partial charge >= 0.3 is 0 Å². The van der Waals surface area contributed by atoms with Crippen molar-refractivity contribution in [2.75, 3.05) is 37.3 Å². The van der Waals surface area contributed by atoms with Crippen LogP contribution in [0.25, 0.3) is 28.0 Å². The fourth-order valence-electron chi connectivity index (χ4n) is 6.27. The van der Waals surface area contributed by atoms with Crippen molar-refractivity contribution in [1.29, 1.82) is 0 Å². The summed E-state index contributed by atoms with van der Waals surface area (Å²) < 4.78 is 57.3. The highest BCUT2D eigenvalue weighted by atomic mass is 35.5. The van der Waals surface area contributed by atoms with Crippen LogP contribution in [0, 0.1) is 5.82 Å². The molecule has 3 aromatic heterocycles. The summed E-state index contributed by atoms with van der Waals surface area (Å²) in [6, 6.07) is 5.14. The number of hydrogen-bond donors (Lipinski definition) is 1. The van der Waals surface area contributed by atoms with E-state index in [0.29, 0.717) is 17.1 Å². The molecule has 4 heterocycles. The molecule has 0 radical (unpaired) electrons. The Hall–Kier alpha value is -4.43. The van der Waals surface area contributed by atoms with Crippen LogP contribution in [0.15, 0.2) is 52.7 Å². The van der Waals surface area contributed by atoms with Gasteiger partial charge in [0.2, 0.25) is 0 Å². The van der Waals surface area contributed by atoms with Crippen LogP contribution in [0.4, 0.5) is 14.5 Å². The molecule has 11 nitrogen and oxygen atoms in total. The average molecular weight is 683 g/mol. The molecule has 3 aliphatic rings. The molecule has 1 aliphatic heterocycles. The minimum absolute atomic E-state index is 0.00595. The fraction of sp³-hybridized carbons (Fsp3) is 0.344. The summed E-state index contributed by atoms with van der Waals surface area (Å²) in [6.45, 7) is 3.20. The van der Waals surface area contributed by atoms with E-state index in [1.54, 1.807) is 4.90 Å². The van der Waals surface area contributed by atoms with Crippen LogP contribution >= 0.6 is 11.6 Å². The molecule has 0 bridgehead atoms. The van der Waals surface area contributed by atoms with E-state index < -0.39 is 43.6 Å². The molecule has 0 spiro atoms. The second-order valence-electron chi connectivity index (χ2n) is 12.1. The lowest BCUT2D eigenvalue weighted by molar-refractivity contribution is -0.128. The molecule has 2 aliphatic carbocycles. The van der Waals surface area contributed by atoms with E-state index in [2.05, 4.69) is 16.5 Å². The number of pyridine rings is 2. The number of phenols is 1.